The molecule has 0 aliphatic heterocycles. The molecule has 0 bridgehead atoms. The summed E-state index contributed by atoms with van der Waals surface area (Å²) in [6.07, 6.45) is -19.5. The molecule has 0 radical (unpaired) electrons. The van der Waals surface area contributed by atoms with E-state index in [4.69, 9.17) is 0 Å². The third kappa shape index (κ3) is 9.41. The molecule has 0 heterocycles. The first-order valence-corrected chi connectivity index (χ1v) is 19.5. The van der Waals surface area contributed by atoms with Crippen molar-refractivity contribution in [2.45, 2.75) is 89.9 Å². The lowest BCUT2D eigenvalue weighted by Gasteiger charge is -2.38. The van der Waals surface area contributed by atoms with Gasteiger partial charge in [-0.2, -0.15) is 52.7 Å². The fourth-order valence-corrected chi connectivity index (χ4v) is 14.4. The lowest BCUT2D eigenvalue weighted by atomic mass is 10.0. The summed E-state index contributed by atoms with van der Waals surface area (Å²) in [7, 11) is -3.94. The summed E-state index contributed by atoms with van der Waals surface area (Å²) in [5.74, 6) is -0.485. The monoisotopic (exact) mass is 794 g/mol. The molecule has 0 saturated heterocycles. The molecular formula is C39H36F12P2. The summed E-state index contributed by atoms with van der Waals surface area (Å²) in [4.78, 5) is 0. The summed E-state index contributed by atoms with van der Waals surface area (Å²) in [5.41, 5.74) is -4.09. The molecule has 0 N–H and O–H groups in total. The van der Waals surface area contributed by atoms with Gasteiger partial charge in [0.2, 0.25) is 0 Å². The summed E-state index contributed by atoms with van der Waals surface area (Å²) < 4.78 is 170. The molecule has 4 aromatic carbocycles. The van der Waals surface area contributed by atoms with Crippen LogP contribution in [-0.2, 0) is 24.7 Å². The molecule has 5 rings (SSSR count). The van der Waals surface area contributed by atoms with Gasteiger partial charge in [0.15, 0.2) is 0 Å². The minimum Gasteiger partial charge on any atom is -0.166 e. The third-order valence-electron chi connectivity index (χ3n) is 9.56. The maximum atomic E-state index is 14.2. The van der Waals surface area contributed by atoms with Gasteiger partial charge < -0.3 is 0 Å². The molecule has 1 fully saturated rings. The minimum atomic E-state index is -5.29. The molecule has 1 saturated carbocycles. The van der Waals surface area contributed by atoms with Gasteiger partial charge in [0.25, 0.3) is 0 Å². The molecule has 14 heteroatoms. The molecule has 1 aliphatic rings. The zero-order valence-electron chi connectivity index (χ0n) is 29.2. The van der Waals surface area contributed by atoms with Crippen molar-refractivity contribution in [3.8, 4) is 0 Å². The first-order chi connectivity index (χ1) is 24.3. The van der Waals surface area contributed by atoms with E-state index in [2.05, 4.69) is 0 Å². The number of alkyl halides is 12. The number of hydrogen-bond acceptors (Lipinski definition) is 0. The van der Waals surface area contributed by atoms with Crippen LogP contribution in [0.5, 0.6) is 0 Å². The Morgan fingerprint density at radius 2 is 0.774 bits per heavy atom. The highest BCUT2D eigenvalue weighted by Crippen LogP contribution is 2.57. The maximum absolute atomic E-state index is 14.2. The predicted molar refractivity (Wildman–Crippen MR) is 188 cm³/mol. The van der Waals surface area contributed by atoms with Gasteiger partial charge in [-0.05, 0) is 131 Å². The molecule has 0 amide bonds. The maximum Gasteiger partial charge on any atom is 0.416 e. The van der Waals surface area contributed by atoms with Crippen LogP contribution < -0.4 is 21.2 Å². The smallest absolute Gasteiger partial charge is 0.166 e. The van der Waals surface area contributed by atoms with Crippen molar-refractivity contribution < 1.29 is 52.7 Å². The number of halogens is 12. The van der Waals surface area contributed by atoms with Crippen molar-refractivity contribution >= 4 is 37.1 Å². The van der Waals surface area contributed by atoms with E-state index in [9.17, 15) is 52.7 Å². The van der Waals surface area contributed by atoms with E-state index in [0.717, 1.165) is 32.9 Å². The number of hydrogen-bond donors (Lipinski definition) is 0. The highest BCUT2D eigenvalue weighted by molar-refractivity contribution is 7.74. The lowest BCUT2D eigenvalue weighted by Crippen LogP contribution is -2.34. The predicted octanol–water partition coefficient (Wildman–Crippen LogP) is 12.1. The van der Waals surface area contributed by atoms with E-state index in [1.54, 1.807) is 6.92 Å². The standard InChI is InChI=1S/C39H36F12P2/c1-21-9-22(2)12-30(11-21)53(31-13-23(3)10-24(4)14-31)35-8-6-7-34(35)25(5)52(32-17-26(36(40,41)42)15-27(18-32)37(43,44)45)33-19-28(38(46,47)48)16-29(20-33)39(49,50)51/h9-20,25,34-35H,6-8H2,1-5H3. The Hall–Kier alpha value is -3.10. The average Bonchev–Trinajstić information content (AvgIpc) is 3.48. The van der Waals surface area contributed by atoms with Crippen molar-refractivity contribution in [1.82, 2.24) is 0 Å². The quantitative estimate of drug-likeness (QED) is 0.129. The Morgan fingerprint density at radius 3 is 1.08 bits per heavy atom. The fraction of sp³-hybridized carbons (Fsp3) is 0.385. The molecule has 0 aromatic heterocycles. The van der Waals surface area contributed by atoms with E-state index in [-0.39, 0.29) is 17.8 Å². The second-order valence-corrected chi connectivity index (χ2v) is 18.9. The second kappa shape index (κ2) is 14.9. The molecule has 3 unspecified atom stereocenters. The van der Waals surface area contributed by atoms with E-state index in [1.165, 1.54) is 0 Å². The average molecular weight is 795 g/mol. The van der Waals surface area contributed by atoms with Gasteiger partial charge in [0.05, 0.1) is 22.3 Å². The van der Waals surface area contributed by atoms with Gasteiger partial charge in [0.1, 0.15) is 0 Å². The number of benzene rings is 4. The van der Waals surface area contributed by atoms with Gasteiger partial charge >= 0.3 is 24.7 Å². The van der Waals surface area contributed by atoms with E-state index in [1.807, 2.05) is 64.1 Å². The van der Waals surface area contributed by atoms with Crippen LogP contribution in [0.15, 0.2) is 72.8 Å². The zero-order chi connectivity index (χ0) is 39.4. The molecule has 3 atom stereocenters. The zero-order valence-corrected chi connectivity index (χ0v) is 31.0. The molecule has 4 aromatic rings. The Morgan fingerprint density at radius 1 is 0.453 bits per heavy atom. The summed E-state index contributed by atoms with van der Waals surface area (Å²) in [6, 6.07) is 13.7. The normalized spacial score (nSPS) is 17.9. The molecular weight excluding hydrogens is 758 g/mol. The Balaban J connectivity index is 1.79. The van der Waals surface area contributed by atoms with Crippen LogP contribution in [0.4, 0.5) is 52.7 Å². The lowest BCUT2D eigenvalue weighted by molar-refractivity contribution is -0.144. The summed E-state index contributed by atoms with van der Waals surface area (Å²) in [6.45, 7) is 9.26. The third-order valence-corrected chi connectivity index (χ3v) is 15.3. The SMILES string of the molecule is Cc1cc(C)cc(P(c2cc(C)cc(C)c2)C2CCCC2C(C)P(c2cc(C(F)(F)F)cc(C(F)(F)F)c2)c2cc(C(F)(F)F)cc(C(F)(F)F)c2)c1. The van der Waals surface area contributed by atoms with Crippen molar-refractivity contribution in [3.05, 3.63) is 117 Å². The number of rotatable bonds is 7. The first-order valence-electron chi connectivity index (χ1n) is 16.7. The summed E-state index contributed by atoms with van der Waals surface area (Å²) in [5, 5.41) is 0.755. The Labute approximate surface area is 302 Å². The molecule has 0 spiro atoms. The summed E-state index contributed by atoms with van der Waals surface area (Å²) >= 11 is 0. The van der Waals surface area contributed by atoms with E-state index >= 15 is 0 Å². The van der Waals surface area contributed by atoms with E-state index < -0.39 is 85.0 Å². The van der Waals surface area contributed by atoms with Crippen LogP contribution in [0.25, 0.3) is 0 Å². The van der Waals surface area contributed by atoms with Crippen LogP contribution in [0, 0.1) is 33.6 Å². The van der Waals surface area contributed by atoms with Gasteiger partial charge in [-0.1, -0.05) is 72.0 Å². The van der Waals surface area contributed by atoms with Gasteiger partial charge in [0, 0.05) is 0 Å². The van der Waals surface area contributed by atoms with Crippen molar-refractivity contribution in [2.24, 2.45) is 5.92 Å². The van der Waals surface area contributed by atoms with E-state index in [0.29, 0.717) is 43.5 Å². The van der Waals surface area contributed by atoms with Crippen molar-refractivity contribution in [2.75, 3.05) is 0 Å². The number of aryl methyl sites for hydroxylation is 4. The van der Waals surface area contributed by atoms with Crippen molar-refractivity contribution in [3.63, 3.8) is 0 Å². The van der Waals surface area contributed by atoms with Crippen LogP contribution in [0.1, 0.15) is 70.7 Å². The van der Waals surface area contributed by atoms with Crippen LogP contribution in [0.2, 0.25) is 0 Å². The van der Waals surface area contributed by atoms with Gasteiger partial charge in [-0.3, -0.25) is 0 Å². The second-order valence-electron chi connectivity index (χ2n) is 13.9. The van der Waals surface area contributed by atoms with Crippen LogP contribution in [-0.4, -0.2) is 11.3 Å². The highest BCUT2D eigenvalue weighted by atomic mass is 31.1. The molecule has 286 valence electrons. The fourth-order valence-electron chi connectivity index (χ4n) is 7.53. The molecule has 1 aliphatic carbocycles. The van der Waals surface area contributed by atoms with Gasteiger partial charge in [-0.15, -0.1) is 0 Å². The largest absolute Gasteiger partial charge is 0.416 e. The van der Waals surface area contributed by atoms with Gasteiger partial charge in [-0.25, -0.2) is 0 Å². The highest BCUT2D eigenvalue weighted by Gasteiger charge is 2.45. The Kier molecular flexibility index (Phi) is 11.5. The molecule has 0 nitrogen and oxygen atoms in total. The van der Waals surface area contributed by atoms with Crippen molar-refractivity contribution in [1.29, 1.82) is 0 Å². The van der Waals surface area contributed by atoms with Crippen LogP contribution in [0.3, 0.4) is 0 Å². The molecule has 53 heavy (non-hydrogen) atoms. The Bertz CT molecular complexity index is 1720. The minimum absolute atomic E-state index is 0.0905. The topological polar surface area (TPSA) is 0 Å². The van der Waals surface area contributed by atoms with Crippen LogP contribution >= 0.6 is 15.8 Å². The first kappa shape index (κ1) is 41.1.